The van der Waals surface area contributed by atoms with E-state index >= 15 is 0 Å². The maximum absolute atomic E-state index is 11.7. The van der Waals surface area contributed by atoms with Crippen LogP contribution >= 0.6 is 0 Å². The van der Waals surface area contributed by atoms with E-state index in [1.165, 1.54) is 0 Å². The number of hydrogen-bond acceptors (Lipinski definition) is 3. The second-order valence-corrected chi connectivity index (χ2v) is 4.83. The van der Waals surface area contributed by atoms with Crippen LogP contribution in [0.15, 0.2) is 12.1 Å². The number of carboxylic acid groups (broad SMARTS) is 1. The van der Waals surface area contributed by atoms with Gasteiger partial charge in [0.25, 0.3) is 0 Å². The summed E-state index contributed by atoms with van der Waals surface area (Å²) in [6.45, 7) is 4.98. The Morgan fingerprint density at radius 1 is 1.42 bits per heavy atom. The first-order valence-corrected chi connectivity index (χ1v) is 6.36. The van der Waals surface area contributed by atoms with Crippen LogP contribution in [0.4, 0.5) is 11.4 Å². The molecule has 0 spiro atoms. The van der Waals surface area contributed by atoms with Gasteiger partial charge in [-0.3, -0.25) is 9.59 Å². The van der Waals surface area contributed by atoms with E-state index in [1.807, 2.05) is 30.9 Å². The second-order valence-electron chi connectivity index (χ2n) is 4.83. The SMILES string of the molecule is Cc1ccc2c(c1C)N(CCC(=O)O)CCC(=O)N2. The topological polar surface area (TPSA) is 69.6 Å². The molecule has 5 heteroatoms. The quantitative estimate of drug-likeness (QED) is 0.873. The Labute approximate surface area is 112 Å². The normalized spacial score (nSPS) is 14.6. The van der Waals surface area contributed by atoms with Crippen LogP contribution < -0.4 is 10.2 Å². The zero-order chi connectivity index (χ0) is 14.0. The summed E-state index contributed by atoms with van der Waals surface area (Å²) in [5.74, 6) is -0.849. The molecule has 1 heterocycles. The lowest BCUT2D eigenvalue weighted by Crippen LogP contribution is -2.28. The van der Waals surface area contributed by atoms with Gasteiger partial charge in [0.2, 0.25) is 5.91 Å². The molecule has 1 aliphatic heterocycles. The van der Waals surface area contributed by atoms with E-state index in [9.17, 15) is 9.59 Å². The number of aliphatic carboxylic acids is 1. The van der Waals surface area contributed by atoms with Crippen molar-refractivity contribution in [1.29, 1.82) is 0 Å². The third-order valence-electron chi connectivity index (χ3n) is 3.50. The van der Waals surface area contributed by atoms with Crippen LogP contribution in [-0.2, 0) is 9.59 Å². The van der Waals surface area contributed by atoms with Gasteiger partial charge in [-0.1, -0.05) is 6.07 Å². The highest BCUT2D eigenvalue weighted by Gasteiger charge is 2.21. The molecule has 2 N–H and O–H groups in total. The molecule has 0 atom stereocenters. The van der Waals surface area contributed by atoms with Crippen LogP contribution in [0.5, 0.6) is 0 Å². The molecule has 19 heavy (non-hydrogen) atoms. The molecule has 0 radical (unpaired) electrons. The van der Waals surface area contributed by atoms with Crippen molar-refractivity contribution in [3.05, 3.63) is 23.3 Å². The third kappa shape index (κ3) is 2.86. The summed E-state index contributed by atoms with van der Waals surface area (Å²) in [5, 5.41) is 11.7. The first-order valence-electron chi connectivity index (χ1n) is 6.36. The van der Waals surface area contributed by atoms with Crippen LogP contribution in [-0.4, -0.2) is 30.1 Å². The maximum Gasteiger partial charge on any atom is 0.305 e. The maximum atomic E-state index is 11.7. The molecule has 5 nitrogen and oxygen atoms in total. The molecule has 0 fully saturated rings. The largest absolute Gasteiger partial charge is 0.481 e. The van der Waals surface area contributed by atoms with Crippen LogP contribution in [0.3, 0.4) is 0 Å². The average Bonchev–Trinajstić information content (AvgIpc) is 2.51. The van der Waals surface area contributed by atoms with E-state index in [2.05, 4.69) is 5.32 Å². The van der Waals surface area contributed by atoms with Crippen molar-refractivity contribution in [3.63, 3.8) is 0 Å². The number of carbonyl (C=O) groups is 2. The summed E-state index contributed by atoms with van der Waals surface area (Å²) in [6.07, 6.45) is 0.452. The second kappa shape index (κ2) is 5.30. The van der Waals surface area contributed by atoms with Gasteiger partial charge in [-0.2, -0.15) is 0 Å². The van der Waals surface area contributed by atoms with E-state index < -0.39 is 5.97 Å². The number of hydrogen-bond donors (Lipinski definition) is 2. The van der Waals surface area contributed by atoms with Gasteiger partial charge in [0.15, 0.2) is 0 Å². The molecular weight excluding hydrogens is 244 g/mol. The Morgan fingerprint density at radius 2 is 2.16 bits per heavy atom. The molecule has 2 rings (SSSR count). The minimum absolute atomic E-state index is 0.0256. The summed E-state index contributed by atoms with van der Waals surface area (Å²) in [7, 11) is 0. The number of carboxylic acids is 1. The lowest BCUT2D eigenvalue weighted by molar-refractivity contribution is -0.136. The summed E-state index contributed by atoms with van der Waals surface area (Å²) in [4.78, 5) is 24.4. The predicted octanol–water partition coefficient (Wildman–Crippen LogP) is 1.93. The first-order chi connectivity index (χ1) is 8.99. The molecule has 0 aromatic heterocycles. The monoisotopic (exact) mass is 262 g/mol. The van der Waals surface area contributed by atoms with Gasteiger partial charge in [0.05, 0.1) is 17.8 Å². The standard InChI is InChI=1S/C14H18N2O3/c1-9-3-4-11-14(10(9)2)16(8-6-13(18)19)7-5-12(17)15-11/h3-4H,5-8H2,1-2H3,(H,15,17)(H,18,19). The molecule has 1 aromatic carbocycles. The summed E-state index contributed by atoms with van der Waals surface area (Å²) in [5.41, 5.74) is 3.95. The van der Waals surface area contributed by atoms with Gasteiger partial charge in [-0.25, -0.2) is 0 Å². The van der Waals surface area contributed by atoms with E-state index in [0.717, 1.165) is 22.5 Å². The lowest BCUT2D eigenvalue weighted by atomic mass is 10.1. The summed E-state index contributed by atoms with van der Waals surface area (Å²) >= 11 is 0. The van der Waals surface area contributed by atoms with Crippen molar-refractivity contribution in [3.8, 4) is 0 Å². The number of aryl methyl sites for hydroxylation is 1. The van der Waals surface area contributed by atoms with Crippen LogP contribution in [0.25, 0.3) is 0 Å². The molecule has 0 aliphatic carbocycles. The Hall–Kier alpha value is -2.04. The number of fused-ring (bicyclic) bond motifs is 1. The minimum atomic E-state index is -0.824. The molecule has 0 unspecified atom stereocenters. The fourth-order valence-electron chi connectivity index (χ4n) is 2.32. The van der Waals surface area contributed by atoms with Gasteiger partial charge >= 0.3 is 5.97 Å². The zero-order valence-corrected chi connectivity index (χ0v) is 11.2. The Kier molecular flexibility index (Phi) is 3.74. The fourth-order valence-corrected chi connectivity index (χ4v) is 2.32. The van der Waals surface area contributed by atoms with Gasteiger partial charge in [-0.05, 0) is 31.0 Å². The van der Waals surface area contributed by atoms with Crippen molar-refractivity contribution >= 4 is 23.3 Å². The summed E-state index contributed by atoms with van der Waals surface area (Å²) in [6, 6.07) is 3.85. The fraction of sp³-hybridized carbons (Fsp3) is 0.429. The highest BCUT2D eigenvalue weighted by molar-refractivity contribution is 5.97. The number of rotatable bonds is 3. The number of nitrogens with one attached hydrogen (secondary N) is 1. The zero-order valence-electron chi connectivity index (χ0n) is 11.2. The lowest BCUT2D eigenvalue weighted by Gasteiger charge is -2.26. The van der Waals surface area contributed by atoms with Gasteiger partial charge in [-0.15, -0.1) is 0 Å². The highest BCUT2D eigenvalue weighted by Crippen LogP contribution is 2.34. The van der Waals surface area contributed by atoms with Crippen molar-refractivity contribution in [2.45, 2.75) is 26.7 Å². The van der Waals surface area contributed by atoms with E-state index in [1.54, 1.807) is 0 Å². The predicted molar refractivity (Wildman–Crippen MR) is 73.6 cm³/mol. The summed E-state index contributed by atoms with van der Waals surface area (Å²) < 4.78 is 0. The first kappa shape index (κ1) is 13.4. The third-order valence-corrected chi connectivity index (χ3v) is 3.50. The molecule has 0 saturated heterocycles. The van der Waals surface area contributed by atoms with Gasteiger partial charge < -0.3 is 15.3 Å². The molecule has 102 valence electrons. The number of amides is 1. The van der Waals surface area contributed by atoms with E-state index in [4.69, 9.17) is 5.11 Å². The van der Waals surface area contributed by atoms with Crippen molar-refractivity contribution in [2.75, 3.05) is 23.3 Å². The molecule has 1 aliphatic rings. The number of carbonyl (C=O) groups excluding carboxylic acids is 1. The average molecular weight is 262 g/mol. The number of benzene rings is 1. The van der Waals surface area contributed by atoms with Crippen molar-refractivity contribution < 1.29 is 14.7 Å². The minimum Gasteiger partial charge on any atom is -0.481 e. The number of anilines is 2. The van der Waals surface area contributed by atoms with Crippen LogP contribution in [0.1, 0.15) is 24.0 Å². The van der Waals surface area contributed by atoms with Gasteiger partial charge in [0, 0.05) is 19.5 Å². The smallest absolute Gasteiger partial charge is 0.305 e. The molecule has 0 saturated carbocycles. The molecule has 0 bridgehead atoms. The van der Waals surface area contributed by atoms with Gasteiger partial charge in [0.1, 0.15) is 0 Å². The number of nitrogens with zero attached hydrogens (tertiary/aromatic N) is 1. The van der Waals surface area contributed by atoms with Crippen molar-refractivity contribution in [1.82, 2.24) is 0 Å². The Balaban J connectivity index is 2.39. The van der Waals surface area contributed by atoms with E-state index in [0.29, 0.717) is 19.5 Å². The van der Waals surface area contributed by atoms with Crippen LogP contribution in [0.2, 0.25) is 0 Å². The molecule has 1 aromatic rings. The highest BCUT2D eigenvalue weighted by atomic mass is 16.4. The van der Waals surface area contributed by atoms with E-state index in [-0.39, 0.29) is 12.3 Å². The van der Waals surface area contributed by atoms with Crippen molar-refractivity contribution in [2.24, 2.45) is 0 Å². The molecule has 1 amide bonds. The van der Waals surface area contributed by atoms with Crippen LogP contribution in [0, 0.1) is 13.8 Å². The molecular formula is C14H18N2O3. The Bertz CT molecular complexity index is 526. The Morgan fingerprint density at radius 3 is 2.84 bits per heavy atom.